The van der Waals surface area contributed by atoms with Crippen molar-refractivity contribution in [2.24, 2.45) is 4.99 Å². The third-order valence-corrected chi connectivity index (χ3v) is 1.89. The summed E-state index contributed by atoms with van der Waals surface area (Å²) >= 11 is 0. The van der Waals surface area contributed by atoms with Gasteiger partial charge in [-0.05, 0) is 12.8 Å². The van der Waals surface area contributed by atoms with Gasteiger partial charge in [-0.15, -0.1) is 6.42 Å². The zero-order valence-electron chi connectivity index (χ0n) is 6.83. The SMILES string of the molecule is C#CC1=CN=CN(NC2CC2)C1. The first-order chi connectivity index (χ1) is 5.88. The minimum atomic E-state index is 0.647. The molecule has 1 aliphatic carbocycles. The van der Waals surface area contributed by atoms with Crippen LogP contribution in [-0.2, 0) is 0 Å². The third kappa shape index (κ3) is 1.66. The van der Waals surface area contributed by atoms with E-state index in [1.54, 1.807) is 12.5 Å². The Morgan fingerprint density at radius 2 is 2.50 bits per heavy atom. The summed E-state index contributed by atoms with van der Waals surface area (Å²) in [4.78, 5) is 4.03. The Kier molecular flexibility index (Phi) is 1.84. The van der Waals surface area contributed by atoms with E-state index in [0.29, 0.717) is 6.04 Å². The summed E-state index contributed by atoms with van der Waals surface area (Å²) < 4.78 is 0. The van der Waals surface area contributed by atoms with Crippen LogP contribution in [-0.4, -0.2) is 23.9 Å². The molecule has 0 atom stereocenters. The van der Waals surface area contributed by atoms with Crippen LogP contribution in [0.5, 0.6) is 0 Å². The van der Waals surface area contributed by atoms with Crippen molar-refractivity contribution in [1.29, 1.82) is 0 Å². The number of hydrogen-bond donors (Lipinski definition) is 1. The molecule has 1 N–H and O–H groups in total. The van der Waals surface area contributed by atoms with Crippen molar-refractivity contribution in [3.05, 3.63) is 11.8 Å². The fraction of sp³-hybridized carbons (Fsp3) is 0.444. The number of nitrogens with zero attached hydrogens (tertiary/aromatic N) is 2. The van der Waals surface area contributed by atoms with Crippen molar-refractivity contribution >= 4 is 6.34 Å². The molecule has 0 radical (unpaired) electrons. The second-order valence-corrected chi connectivity index (χ2v) is 3.09. The molecular weight excluding hydrogens is 150 g/mol. The van der Waals surface area contributed by atoms with Crippen molar-refractivity contribution in [1.82, 2.24) is 10.4 Å². The predicted octanol–water partition coefficient (Wildman–Crippen LogP) is 0.514. The maximum atomic E-state index is 5.27. The number of rotatable bonds is 2. The Hall–Kier alpha value is -1.27. The summed E-state index contributed by atoms with van der Waals surface area (Å²) in [6.07, 6.45) is 11.3. The Morgan fingerprint density at radius 3 is 3.17 bits per heavy atom. The molecule has 3 heteroatoms. The maximum absolute atomic E-state index is 5.27. The molecule has 0 aromatic carbocycles. The van der Waals surface area contributed by atoms with Crippen LogP contribution in [0.25, 0.3) is 0 Å². The van der Waals surface area contributed by atoms with Crippen LogP contribution < -0.4 is 5.43 Å². The van der Waals surface area contributed by atoms with Crippen LogP contribution in [0, 0.1) is 12.3 Å². The zero-order chi connectivity index (χ0) is 8.39. The number of aliphatic imine (C=N–C) groups is 1. The van der Waals surface area contributed by atoms with Crippen LogP contribution in [0.1, 0.15) is 12.8 Å². The highest BCUT2D eigenvalue weighted by Gasteiger charge is 2.23. The maximum Gasteiger partial charge on any atom is 0.105 e. The first-order valence-electron chi connectivity index (χ1n) is 4.10. The molecule has 1 aliphatic heterocycles. The topological polar surface area (TPSA) is 27.6 Å². The van der Waals surface area contributed by atoms with Crippen molar-refractivity contribution in [3.8, 4) is 12.3 Å². The lowest BCUT2D eigenvalue weighted by atomic mass is 10.3. The van der Waals surface area contributed by atoms with Crippen LogP contribution in [0.2, 0.25) is 0 Å². The molecule has 0 aromatic heterocycles. The highest BCUT2D eigenvalue weighted by molar-refractivity contribution is 5.59. The van der Waals surface area contributed by atoms with E-state index in [9.17, 15) is 0 Å². The molecule has 0 unspecified atom stereocenters. The second-order valence-electron chi connectivity index (χ2n) is 3.09. The molecule has 12 heavy (non-hydrogen) atoms. The lowest BCUT2D eigenvalue weighted by Gasteiger charge is -2.22. The Bertz CT molecular complexity index is 268. The highest BCUT2D eigenvalue weighted by atomic mass is 15.5. The summed E-state index contributed by atoms with van der Waals surface area (Å²) in [6, 6.07) is 0.647. The van der Waals surface area contributed by atoms with Crippen LogP contribution in [0.3, 0.4) is 0 Å². The van der Waals surface area contributed by atoms with Gasteiger partial charge in [0.25, 0.3) is 0 Å². The average Bonchev–Trinajstić information content (AvgIpc) is 2.89. The molecule has 2 aliphatic rings. The van der Waals surface area contributed by atoms with E-state index in [0.717, 1.165) is 12.1 Å². The fourth-order valence-electron chi connectivity index (χ4n) is 1.08. The van der Waals surface area contributed by atoms with Gasteiger partial charge in [0.15, 0.2) is 0 Å². The Balaban J connectivity index is 1.90. The van der Waals surface area contributed by atoms with Crippen molar-refractivity contribution < 1.29 is 0 Å². The lowest BCUT2D eigenvalue weighted by molar-refractivity contribution is 0.333. The summed E-state index contributed by atoms with van der Waals surface area (Å²) in [6.45, 7) is 0.760. The molecule has 1 fully saturated rings. The quantitative estimate of drug-likeness (QED) is 0.598. The first kappa shape index (κ1) is 7.38. The smallest absolute Gasteiger partial charge is 0.105 e. The Morgan fingerprint density at radius 1 is 1.67 bits per heavy atom. The van der Waals surface area contributed by atoms with Gasteiger partial charge in [-0.2, -0.15) is 0 Å². The molecule has 0 bridgehead atoms. The molecule has 62 valence electrons. The standard InChI is InChI=1S/C9H11N3/c1-2-8-5-10-7-12(6-8)11-9-3-4-9/h1,5,7,9,11H,3-4,6H2. The predicted molar refractivity (Wildman–Crippen MR) is 48.3 cm³/mol. The number of nitrogens with one attached hydrogen (secondary N) is 1. The molecule has 0 amide bonds. The van der Waals surface area contributed by atoms with E-state index in [2.05, 4.69) is 16.3 Å². The monoisotopic (exact) mass is 161 g/mol. The molecule has 0 spiro atoms. The summed E-state index contributed by atoms with van der Waals surface area (Å²) in [5, 5.41) is 1.95. The van der Waals surface area contributed by atoms with Crippen molar-refractivity contribution in [2.45, 2.75) is 18.9 Å². The van der Waals surface area contributed by atoms with Crippen molar-refractivity contribution in [3.63, 3.8) is 0 Å². The minimum Gasteiger partial charge on any atom is -0.293 e. The van der Waals surface area contributed by atoms with Gasteiger partial charge < -0.3 is 0 Å². The van der Waals surface area contributed by atoms with E-state index in [1.807, 2.05) is 5.01 Å². The molecule has 1 heterocycles. The van der Waals surface area contributed by atoms with Gasteiger partial charge in [0.2, 0.25) is 0 Å². The van der Waals surface area contributed by atoms with Gasteiger partial charge in [0.1, 0.15) is 6.34 Å². The van der Waals surface area contributed by atoms with E-state index in [-0.39, 0.29) is 0 Å². The number of hydrazine groups is 1. The molecular formula is C9H11N3. The molecule has 0 aromatic rings. The van der Waals surface area contributed by atoms with Crippen LogP contribution >= 0.6 is 0 Å². The van der Waals surface area contributed by atoms with Gasteiger partial charge >= 0.3 is 0 Å². The number of terminal acetylenes is 1. The average molecular weight is 161 g/mol. The van der Waals surface area contributed by atoms with Gasteiger partial charge in [-0.25, -0.2) is 10.4 Å². The summed E-state index contributed by atoms with van der Waals surface area (Å²) in [5.41, 5.74) is 4.23. The normalized spacial score (nSPS) is 21.9. The van der Waals surface area contributed by atoms with E-state index in [1.165, 1.54) is 12.8 Å². The van der Waals surface area contributed by atoms with Crippen molar-refractivity contribution in [2.75, 3.05) is 6.54 Å². The summed E-state index contributed by atoms with van der Waals surface area (Å²) in [5.74, 6) is 2.59. The van der Waals surface area contributed by atoms with E-state index < -0.39 is 0 Å². The Labute approximate surface area is 72.1 Å². The molecule has 0 saturated heterocycles. The fourth-order valence-corrected chi connectivity index (χ4v) is 1.08. The molecule has 2 rings (SSSR count). The number of hydrogen-bond acceptors (Lipinski definition) is 3. The largest absolute Gasteiger partial charge is 0.293 e. The minimum absolute atomic E-state index is 0.647. The van der Waals surface area contributed by atoms with Crippen LogP contribution in [0.15, 0.2) is 16.8 Å². The van der Waals surface area contributed by atoms with E-state index >= 15 is 0 Å². The zero-order valence-corrected chi connectivity index (χ0v) is 6.83. The van der Waals surface area contributed by atoms with Gasteiger partial charge in [-0.3, -0.25) is 5.01 Å². The lowest BCUT2D eigenvalue weighted by Crippen LogP contribution is -2.40. The highest BCUT2D eigenvalue weighted by Crippen LogP contribution is 2.19. The van der Waals surface area contributed by atoms with Gasteiger partial charge in [0.05, 0.1) is 6.54 Å². The van der Waals surface area contributed by atoms with Crippen LogP contribution in [0.4, 0.5) is 0 Å². The molecule has 3 nitrogen and oxygen atoms in total. The van der Waals surface area contributed by atoms with Gasteiger partial charge in [0, 0.05) is 17.8 Å². The third-order valence-electron chi connectivity index (χ3n) is 1.89. The second kappa shape index (κ2) is 3.00. The van der Waals surface area contributed by atoms with E-state index in [4.69, 9.17) is 6.42 Å². The molecule has 1 saturated carbocycles. The summed E-state index contributed by atoms with van der Waals surface area (Å²) in [7, 11) is 0. The van der Waals surface area contributed by atoms with Gasteiger partial charge in [-0.1, -0.05) is 5.92 Å². The first-order valence-corrected chi connectivity index (χ1v) is 4.10.